The Bertz CT molecular complexity index is 755. The first kappa shape index (κ1) is 21.2. The number of ether oxygens (including phenoxy) is 1. The van der Waals surface area contributed by atoms with Gasteiger partial charge in [0.25, 0.3) is 5.91 Å². The normalized spacial score (nSPS) is 12.5. The first-order valence-electron chi connectivity index (χ1n) is 8.09. The van der Waals surface area contributed by atoms with Gasteiger partial charge in [0.05, 0.1) is 13.7 Å². The Kier molecular flexibility index (Phi) is 7.86. The summed E-state index contributed by atoms with van der Waals surface area (Å²) in [5.41, 5.74) is 6.03. The molecule has 1 unspecified atom stereocenters. The number of benzene rings is 1. The van der Waals surface area contributed by atoms with Crippen LogP contribution in [0.1, 0.15) is 36.7 Å². The van der Waals surface area contributed by atoms with E-state index in [4.69, 9.17) is 15.6 Å². The molecular formula is C20H24N2O4. The lowest BCUT2D eigenvalue weighted by Gasteiger charge is -2.28. The van der Waals surface area contributed by atoms with Crippen LogP contribution in [-0.4, -0.2) is 42.3 Å². The molecular weight excluding hydrogens is 332 g/mol. The number of rotatable bonds is 5. The van der Waals surface area contributed by atoms with Crippen LogP contribution >= 0.6 is 0 Å². The summed E-state index contributed by atoms with van der Waals surface area (Å²) in [6, 6.07) is 5.59. The van der Waals surface area contributed by atoms with Crippen LogP contribution in [0.15, 0.2) is 24.3 Å². The van der Waals surface area contributed by atoms with Crippen molar-refractivity contribution < 1.29 is 19.4 Å². The molecule has 0 bridgehead atoms. The molecule has 6 heteroatoms. The van der Waals surface area contributed by atoms with Crippen LogP contribution in [0.4, 0.5) is 0 Å². The molecule has 0 aliphatic rings. The van der Waals surface area contributed by atoms with Crippen LogP contribution in [0.5, 0.6) is 0 Å². The van der Waals surface area contributed by atoms with Gasteiger partial charge in [0.15, 0.2) is 0 Å². The SMILES string of the molecule is COC(=O)[C@@H](NC(=O)c1ccc(C#CC#CC(C)CO)cc1)C(C)(C)N. The lowest BCUT2D eigenvalue weighted by molar-refractivity contribution is -0.144. The molecule has 0 fully saturated rings. The number of aliphatic hydroxyl groups excluding tert-OH is 1. The fraction of sp³-hybridized carbons (Fsp3) is 0.400. The summed E-state index contributed by atoms with van der Waals surface area (Å²) in [5, 5.41) is 11.5. The first-order chi connectivity index (χ1) is 12.2. The minimum Gasteiger partial charge on any atom is -0.467 e. The molecule has 0 saturated carbocycles. The van der Waals surface area contributed by atoms with Crippen molar-refractivity contribution in [1.82, 2.24) is 5.32 Å². The smallest absolute Gasteiger partial charge is 0.330 e. The Morgan fingerprint density at radius 1 is 1.27 bits per heavy atom. The molecule has 0 radical (unpaired) electrons. The van der Waals surface area contributed by atoms with Crippen molar-refractivity contribution in [1.29, 1.82) is 0 Å². The van der Waals surface area contributed by atoms with E-state index < -0.39 is 23.5 Å². The largest absolute Gasteiger partial charge is 0.467 e. The van der Waals surface area contributed by atoms with E-state index in [1.807, 2.05) is 0 Å². The lowest BCUT2D eigenvalue weighted by Crippen LogP contribution is -2.59. The van der Waals surface area contributed by atoms with Crippen LogP contribution < -0.4 is 11.1 Å². The molecule has 0 heterocycles. The van der Waals surface area contributed by atoms with Crippen molar-refractivity contribution >= 4 is 11.9 Å². The molecule has 0 saturated heterocycles. The minimum absolute atomic E-state index is 0.00926. The number of hydrogen-bond donors (Lipinski definition) is 3. The van der Waals surface area contributed by atoms with Gasteiger partial charge in [-0.2, -0.15) is 0 Å². The van der Waals surface area contributed by atoms with Crippen LogP contribution in [0, 0.1) is 29.6 Å². The summed E-state index contributed by atoms with van der Waals surface area (Å²) >= 11 is 0. The van der Waals surface area contributed by atoms with Crippen molar-refractivity contribution in [3.8, 4) is 23.7 Å². The Morgan fingerprint density at radius 2 is 1.88 bits per heavy atom. The van der Waals surface area contributed by atoms with Gasteiger partial charge in [-0.3, -0.25) is 4.79 Å². The van der Waals surface area contributed by atoms with Gasteiger partial charge in [-0.25, -0.2) is 4.79 Å². The van der Waals surface area contributed by atoms with Gasteiger partial charge in [-0.05, 0) is 56.9 Å². The molecule has 1 amide bonds. The second-order valence-electron chi connectivity index (χ2n) is 6.43. The van der Waals surface area contributed by atoms with Crippen molar-refractivity contribution in [2.45, 2.75) is 32.4 Å². The summed E-state index contributed by atoms with van der Waals surface area (Å²) in [6.07, 6.45) is 0. The van der Waals surface area contributed by atoms with Crippen molar-refractivity contribution in [3.63, 3.8) is 0 Å². The molecule has 4 N–H and O–H groups in total. The van der Waals surface area contributed by atoms with E-state index >= 15 is 0 Å². The number of carbonyl (C=O) groups is 2. The molecule has 0 aliphatic carbocycles. The number of aliphatic hydroxyl groups is 1. The third-order valence-electron chi connectivity index (χ3n) is 3.47. The predicted octanol–water partition coefficient (Wildman–Crippen LogP) is 0.679. The molecule has 0 spiro atoms. The van der Waals surface area contributed by atoms with Gasteiger partial charge < -0.3 is 20.9 Å². The maximum Gasteiger partial charge on any atom is 0.330 e. The van der Waals surface area contributed by atoms with E-state index in [2.05, 4.69) is 29.0 Å². The van der Waals surface area contributed by atoms with Crippen LogP contribution in [0.25, 0.3) is 0 Å². The summed E-state index contributed by atoms with van der Waals surface area (Å²) < 4.78 is 4.69. The quantitative estimate of drug-likeness (QED) is 0.532. The van der Waals surface area contributed by atoms with Crippen LogP contribution in [-0.2, 0) is 9.53 Å². The maximum absolute atomic E-state index is 12.3. The third-order valence-corrected chi connectivity index (χ3v) is 3.47. The summed E-state index contributed by atoms with van der Waals surface area (Å²) in [6.45, 7) is 5.05. The zero-order valence-corrected chi connectivity index (χ0v) is 15.4. The topological polar surface area (TPSA) is 102 Å². The van der Waals surface area contributed by atoms with Crippen molar-refractivity contribution in [3.05, 3.63) is 35.4 Å². The molecule has 26 heavy (non-hydrogen) atoms. The third kappa shape index (κ3) is 6.60. The zero-order valence-electron chi connectivity index (χ0n) is 15.4. The molecule has 1 aromatic carbocycles. The van der Waals surface area contributed by atoms with Gasteiger partial charge in [0.1, 0.15) is 6.04 Å². The van der Waals surface area contributed by atoms with Gasteiger partial charge >= 0.3 is 5.97 Å². The molecule has 1 rings (SSSR count). The van der Waals surface area contributed by atoms with Crippen molar-refractivity contribution in [2.24, 2.45) is 11.7 Å². The van der Waals surface area contributed by atoms with Crippen molar-refractivity contribution in [2.75, 3.05) is 13.7 Å². The number of hydrogen-bond acceptors (Lipinski definition) is 5. The van der Waals surface area contributed by atoms with Gasteiger partial charge in [0, 0.05) is 22.6 Å². The summed E-state index contributed by atoms with van der Waals surface area (Å²) in [7, 11) is 1.24. The first-order valence-corrected chi connectivity index (χ1v) is 8.09. The number of amides is 1. The van der Waals surface area contributed by atoms with E-state index in [-0.39, 0.29) is 12.5 Å². The highest BCUT2D eigenvalue weighted by atomic mass is 16.5. The Balaban J connectivity index is 2.84. The maximum atomic E-state index is 12.3. The standard InChI is InChI=1S/C20H24N2O4/c1-14(13-23)7-5-6-8-15-9-11-16(12-10-15)18(24)22-17(19(25)26-4)20(2,3)21/h9-12,14,17,23H,13,21H2,1-4H3,(H,22,24)/t14?,17-/m1/s1. The summed E-state index contributed by atoms with van der Waals surface area (Å²) in [5.74, 6) is 9.84. The number of methoxy groups -OCH3 is 1. The van der Waals surface area contributed by atoms with Gasteiger partial charge in [0.2, 0.25) is 0 Å². The van der Waals surface area contributed by atoms with Gasteiger partial charge in [-0.1, -0.05) is 11.8 Å². The van der Waals surface area contributed by atoms with E-state index in [1.165, 1.54) is 7.11 Å². The average molecular weight is 356 g/mol. The Hall–Kier alpha value is -2.80. The highest BCUT2D eigenvalue weighted by Gasteiger charge is 2.34. The Labute approximate surface area is 154 Å². The van der Waals surface area contributed by atoms with Gasteiger partial charge in [-0.15, -0.1) is 0 Å². The predicted molar refractivity (Wildman–Crippen MR) is 98.9 cm³/mol. The second kappa shape index (κ2) is 9.62. The van der Waals surface area contributed by atoms with Crippen LogP contribution in [0.2, 0.25) is 0 Å². The molecule has 0 aliphatic heterocycles. The zero-order chi connectivity index (χ0) is 19.7. The van der Waals surface area contributed by atoms with E-state index in [0.717, 1.165) is 0 Å². The lowest BCUT2D eigenvalue weighted by atomic mass is 9.95. The average Bonchev–Trinajstić information content (AvgIpc) is 2.61. The number of carbonyl (C=O) groups excluding carboxylic acids is 2. The van der Waals surface area contributed by atoms with E-state index in [0.29, 0.717) is 11.1 Å². The number of nitrogens with two attached hydrogens (primary N) is 1. The fourth-order valence-corrected chi connectivity index (χ4v) is 1.89. The number of esters is 1. The molecule has 1 aromatic rings. The molecule has 6 nitrogen and oxygen atoms in total. The molecule has 0 aromatic heterocycles. The molecule has 2 atom stereocenters. The summed E-state index contributed by atoms with van der Waals surface area (Å²) in [4.78, 5) is 24.2. The second-order valence-corrected chi connectivity index (χ2v) is 6.43. The minimum atomic E-state index is -0.974. The molecule has 138 valence electrons. The fourth-order valence-electron chi connectivity index (χ4n) is 1.89. The van der Waals surface area contributed by atoms with E-state index in [1.54, 1.807) is 45.0 Å². The highest BCUT2D eigenvalue weighted by molar-refractivity contribution is 5.97. The monoisotopic (exact) mass is 356 g/mol. The van der Waals surface area contributed by atoms with Crippen LogP contribution in [0.3, 0.4) is 0 Å². The Morgan fingerprint density at radius 3 is 2.38 bits per heavy atom. The highest BCUT2D eigenvalue weighted by Crippen LogP contribution is 2.10. The van der Waals surface area contributed by atoms with E-state index in [9.17, 15) is 9.59 Å². The number of nitrogens with one attached hydrogen (secondary N) is 1.